The summed E-state index contributed by atoms with van der Waals surface area (Å²) in [5, 5.41) is 12.0. The fraction of sp³-hybridized carbons (Fsp3) is 0.105. The fourth-order valence-corrected chi connectivity index (χ4v) is 3.70. The maximum absolute atomic E-state index is 12.6. The number of carboxylic acids is 1. The van der Waals surface area contributed by atoms with Crippen molar-refractivity contribution in [3.63, 3.8) is 0 Å². The van der Waals surface area contributed by atoms with Crippen LogP contribution in [0.3, 0.4) is 0 Å². The summed E-state index contributed by atoms with van der Waals surface area (Å²) in [4.78, 5) is 36.6. The normalized spacial score (nSPS) is 15.0. The molecule has 3 rings (SSSR count). The van der Waals surface area contributed by atoms with Crippen LogP contribution in [0.4, 0.5) is 4.79 Å². The van der Waals surface area contributed by atoms with Crippen molar-refractivity contribution in [2.45, 2.75) is 6.54 Å². The second-order valence-corrected chi connectivity index (χ2v) is 7.70. The van der Waals surface area contributed by atoms with E-state index in [1.807, 2.05) is 0 Å². The Hall–Kier alpha value is -2.55. The minimum Gasteiger partial charge on any atom is -0.479 e. The highest BCUT2D eigenvalue weighted by molar-refractivity contribution is 9.10. The third-order valence-corrected chi connectivity index (χ3v) is 5.01. The summed E-state index contributed by atoms with van der Waals surface area (Å²) in [6.07, 6.45) is 1.47. The van der Waals surface area contributed by atoms with Crippen LogP contribution in [0, 0.1) is 0 Å². The quantitative estimate of drug-likeness (QED) is 0.456. The van der Waals surface area contributed by atoms with E-state index in [2.05, 4.69) is 21.2 Å². The van der Waals surface area contributed by atoms with Gasteiger partial charge >= 0.3 is 12.0 Å². The van der Waals surface area contributed by atoms with Gasteiger partial charge in [-0.25, -0.2) is 9.59 Å². The molecule has 0 spiro atoms. The molecule has 0 saturated carbocycles. The molecule has 2 aromatic rings. The van der Waals surface area contributed by atoms with Gasteiger partial charge in [-0.1, -0.05) is 35.3 Å². The van der Waals surface area contributed by atoms with Crippen molar-refractivity contribution >= 4 is 63.1 Å². The number of nitrogens with zero attached hydrogens (tertiary/aromatic N) is 1. The number of carbonyl (C=O) groups is 3. The standard InChI is InChI=1S/C19H13BrCl2N2O5/c20-13-5-11(6-14(22)17(13)29-9-16(25)26)7-15-18(27)24(19(28)23-15)8-10-1-3-12(21)4-2-10/h1-7H,8-9H2,(H,23,28)(H,25,26). The summed E-state index contributed by atoms with van der Waals surface area (Å²) in [5.74, 6) is -1.45. The number of carboxylic acid groups (broad SMARTS) is 1. The van der Waals surface area contributed by atoms with Gasteiger partial charge in [0, 0.05) is 5.02 Å². The number of nitrogens with one attached hydrogen (secondary N) is 1. The molecule has 1 aliphatic rings. The average molecular weight is 500 g/mol. The molecule has 29 heavy (non-hydrogen) atoms. The number of amides is 3. The first-order chi connectivity index (χ1) is 13.7. The van der Waals surface area contributed by atoms with Crippen LogP contribution < -0.4 is 10.1 Å². The first-order valence-corrected chi connectivity index (χ1v) is 9.72. The number of imide groups is 1. The molecule has 1 aliphatic heterocycles. The van der Waals surface area contributed by atoms with Gasteiger partial charge in [0.25, 0.3) is 5.91 Å². The van der Waals surface area contributed by atoms with E-state index in [-0.39, 0.29) is 23.0 Å². The fourth-order valence-electron chi connectivity index (χ4n) is 2.59. The van der Waals surface area contributed by atoms with Gasteiger partial charge in [-0.15, -0.1) is 0 Å². The largest absolute Gasteiger partial charge is 0.479 e. The highest BCUT2D eigenvalue weighted by Gasteiger charge is 2.33. The Morgan fingerprint density at radius 2 is 1.90 bits per heavy atom. The molecule has 10 heteroatoms. The summed E-state index contributed by atoms with van der Waals surface area (Å²) < 4.78 is 5.54. The monoisotopic (exact) mass is 498 g/mol. The maximum atomic E-state index is 12.6. The van der Waals surface area contributed by atoms with Gasteiger partial charge in [-0.3, -0.25) is 9.69 Å². The van der Waals surface area contributed by atoms with Crippen molar-refractivity contribution in [2.75, 3.05) is 6.61 Å². The van der Waals surface area contributed by atoms with Crippen molar-refractivity contribution in [3.05, 3.63) is 67.7 Å². The Labute approximate surface area is 184 Å². The Morgan fingerprint density at radius 1 is 1.21 bits per heavy atom. The van der Waals surface area contributed by atoms with Gasteiger partial charge in [0.15, 0.2) is 12.4 Å². The lowest BCUT2D eigenvalue weighted by Gasteiger charge is -2.11. The average Bonchev–Trinajstić information content (AvgIpc) is 2.90. The number of hydrogen-bond acceptors (Lipinski definition) is 4. The number of carbonyl (C=O) groups excluding carboxylic acids is 2. The zero-order valence-electron chi connectivity index (χ0n) is 14.6. The minimum atomic E-state index is -1.14. The van der Waals surface area contributed by atoms with Crippen LogP contribution in [0.5, 0.6) is 5.75 Å². The molecule has 0 unspecified atom stereocenters. The third-order valence-electron chi connectivity index (χ3n) is 3.89. The highest BCUT2D eigenvalue weighted by atomic mass is 79.9. The lowest BCUT2D eigenvalue weighted by Crippen LogP contribution is -2.30. The minimum absolute atomic E-state index is 0.0890. The lowest BCUT2D eigenvalue weighted by molar-refractivity contribution is -0.139. The molecule has 0 aromatic heterocycles. The molecule has 0 aliphatic carbocycles. The van der Waals surface area contributed by atoms with E-state index in [0.29, 0.717) is 15.1 Å². The van der Waals surface area contributed by atoms with E-state index < -0.39 is 24.5 Å². The molecular formula is C19H13BrCl2N2O5. The molecule has 7 nitrogen and oxygen atoms in total. The predicted molar refractivity (Wildman–Crippen MR) is 111 cm³/mol. The second kappa shape index (κ2) is 8.86. The Bertz CT molecular complexity index is 1000. The van der Waals surface area contributed by atoms with Gasteiger partial charge < -0.3 is 15.2 Å². The molecular weight excluding hydrogens is 487 g/mol. The number of urea groups is 1. The van der Waals surface area contributed by atoms with Crippen LogP contribution in [-0.2, 0) is 16.1 Å². The van der Waals surface area contributed by atoms with E-state index in [1.54, 1.807) is 30.3 Å². The second-order valence-electron chi connectivity index (χ2n) is 6.00. The van der Waals surface area contributed by atoms with Gasteiger partial charge in [0.1, 0.15) is 5.70 Å². The molecule has 1 fully saturated rings. The van der Waals surface area contributed by atoms with Crippen LogP contribution in [0.15, 0.2) is 46.6 Å². The van der Waals surface area contributed by atoms with Crippen LogP contribution in [-0.4, -0.2) is 34.5 Å². The van der Waals surface area contributed by atoms with Crippen molar-refractivity contribution in [1.29, 1.82) is 0 Å². The Balaban J connectivity index is 1.80. The molecule has 1 saturated heterocycles. The van der Waals surface area contributed by atoms with E-state index in [0.717, 1.165) is 10.5 Å². The lowest BCUT2D eigenvalue weighted by atomic mass is 10.1. The van der Waals surface area contributed by atoms with Crippen LogP contribution in [0.2, 0.25) is 10.0 Å². The highest BCUT2D eigenvalue weighted by Crippen LogP contribution is 2.35. The van der Waals surface area contributed by atoms with Crippen LogP contribution in [0.1, 0.15) is 11.1 Å². The number of rotatable bonds is 6. The molecule has 2 N–H and O–H groups in total. The smallest absolute Gasteiger partial charge is 0.341 e. The topological polar surface area (TPSA) is 95.9 Å². The number of halogens is 3. The predicted octanol–water partition coefficient (Wildman–Crippen LogP) is 4.31. The van der Waals surface area contributed by atoms with Crippen molar-refractivity contribution in [2.24, 2.45) is 0 Å². The summed E-state index contributed by atoms with van der Waals surface area (Å²) >= 11 is 15.3. The summed E-state index contributed by atoms with van der Waals surface area (Å²) in [7, 11) is 0. The van der Waals surface area contributed by atoms with E-state index in [4.69, 9.17) is 33.0 Å². The molecule has 1 heterocycles. The summed E-state index contributed by atoms with van der Waals surface area (Å²) in [5.41, 5.74) is 1.36. The van der Waals surface area contributed by atoms with Crippen molar-refractivity contribution in [3.8, 4) is 5.75 Å². The Kier molecular flexibility index (Phi) is 6.46. The molecule has 3 amide bonds. The summed E-state index contributed by atoms with van der Waals surface area (Å²) in [6, 6.07) is 9.38. The first-order valence-electron chi connectivity index (χ1n) is 8.17. The SMILES string of the molecule is O=C(O)COc1c(Cl)cc(C=C2NC(=O)N(Cc3ccc(Cl)cc3)C2=O)cc1Br. The number of aliphatic carboxylic acids is 1. The van der Waals surface area contributed by atoms with Crippen LogP contribution >= 0.6 is 39.1 Å². The van der Waals surface area contributed by atoms with Gasteiger partial charge in [0.2, 0.25) is 0 Å². The zero-order valence-corrected chi connectivity index (χ0v) is 17.7. The van der Waals surface area contributed by atoms with E-state index in [9.17, 15) is 14.4 Å². The number of ether oxygens (including phenoxy) is 1. The van der Waals surface area contributed by atoms with Gasteiger partial charge in [-0.05, 0) is 57.4 Å². The van der Waals surface area contributed by atoms with Crippen molar-refractivity contribution < 1.29 is 24.2 Å². The van der Waals surface area contributed by atoms with Crippen molar-refractivity contribution in [1.82, 2.24) is 10.2 Å². The van der Waals surface area contributed by atoms with Crippen LogP contribution in [0.25, 0.3) is 6.08 Å². The van der Waals surface area contributed by atoms with E-state index >= 15 is 0 Å². The number of benzene rings is 2. The molecule has 150 valence electrons. The Morgan fingerprint density at radius 3 is 2.52 bits per heavy atom. The zero-order chi connectivity index (χ0) is 21.1. The summed E-state index contributed by atoms with van der Waals surface area (Å²) in [6.45, 7) is -0.446. The van der Waals surface area contributed by atoms with Gasteiger partial charge in [-0.2, -0.15) is 0 Å². The molecule has 0 bridgehead atoms. The maximum Gasteiger partial charge on any atom is 0.341 e. The molecule has 2 aromatic carbocycles. The molecule has 0 atom stereocenters. The third kappa shape index (κ3) is 5.09. The number of hydrogen-bond donors (Lipinski definition) is 2. The first kappa shape index (κ1) is 21.2. The molecule has 0 radical (unpaired) electrons. The van der Waals surface area contributed by atoms with E-state index in [1.165, 1.54) is 12.1 Å². The van der Waals surface area contributed by atoms with Gasteiger partial charge in [0.05, 0.1) is 16.0 Å².